The molecule has 2 nitrogen and oxygen atoms in total. The minimum atomic E-state index is 0.349. The summed E-state index contributed by atoms with van der Waals surface area (Å²) in [6, 6.07) is 5.33. The largest absolute Gasteiger partial charge is 0.508 e. The van der Waals surface area contributed by atoms with E-state index in [1.165, 1.54) is 12.8 Å². The Morgan fingerprint density at radius 1 is 1.42 bits per heavy atom. The minimum Gasteiger partial charge on any atom is -0.508 e. The van der Waals surface area contributed by atoms with Crippen LogP contribution in [0.25, 0.3) is 0 Å². The van der Waals surface area contributed by atoms with Crippen LogP contribution in [0, 0.1) is 5.92 Å². The summed E-state index contributed by atoms with van der Waals surface area (Å²) in [6.07, 6.45) is 3.51. The van der Waals surface area contributed by atoms with Crippen molar-refractivity contribution in [1.82, 2.24) is 0 Å². The highest BCUT2D eigenvalue weighted by Gasteiger charge is 2.23. The molecule has 0 aromatic heterocycles. The van der Waals surface area contributed by atoms with Crippen molar-refractivity contribution in [3.05, 3.63) is 23.8 Å². The normalized spacial score (nSPS) is 16.3. The fourth-order valence-electron chi connectivity index (χ4n) is 1.43. The number of phenolic OH excluding ortho intramolecular Hbond substituents is 1. The van der Waals surface area contributed by atoms with E-state index >= 15 is 0 Å². The van der Waals surface area contributed by atoms with Gasteiger partial charge in [0.05, 0.1) is 0 Å². The fourth-order valence-corrected chi connectivity index (χ4v) is 1.43. The van der Waals surface area contributed by atoms with E-state index in [4.69, 9.17) is 5.73 Å². The summed E-state index contributed by atoms with van der Waals surface area (Å²) >= 11 is 0. The summed E-state index contributed by atoms with van der Waals surface area (Å²) in [5.74, 6) is 1.11. The maximum absolute atomic E-state index is 9.49. The van der Waals surface area contributed by atoms with Gasteiger partial charge < -0.3 is 10.8 Å². The molecular weight excluding hydrogens is 150 g/mol. The molecule has 1 aromatic carbocycles. The van der Waals surface area contributed by atoms with Crippen molar-refractivity contribution in [3.63, 3.8) is 0 Å². The van der Waals surface area contributed by atoms with Crippen molar-refractivity contribution >= 4 is 5.69 Å². The minimum absolute atomic E-state index is 0.349. The van der Waals surface area contributed by atoms with E-state index in [-0.39, 0.29) is 0 Å². The summed E-state index contributed by atoms with van der Waals surface area (Å²) < 4.78 is 0. The molecule has 12 heavy (non-hydrogen) atoms. The number of aromatic hydroxyl groups is 1. The van der Waals surface area contributed by atoms with Gasteiger partial charge in [-0.3, -0.25) is 0 Å². The topological polar surface area (TPSA) is 46.2 Å². The monoisotopic (exact) mass is 163 g/mol. The molecule has 0 unspecified atom stereocenters. The zero-order chi connectivity index (χ0) is 8.55. The van der Waals surface area contributed by atoms with Crippen LogP contribution in [0.5, 0.6) is 5.75 Å². The average molecular weight is 163 g/mol. The van der Waals surface area contributed by atoms with E-state index < -0.39 is 0 Å². The Hall–Kier alpha value is -1.18. The van der Waals surface area contributed by atoms with Gasteiger partial charge in [0.15, 0.2) is 0 Å². The molecule has 1 fully saturated rings. The van der Waals surface area contributed by atoms with Crippen molar-refractivity contribution in [2.75, 3.05) is 5.73 Å². The van der Waals surface area contributed by atoms with Gasteiger partial charge in [0.25, 0.3) is 0 Å². The second-order valence-corrected chi connectivity index (χ2v) is 3.49. The lowest BCUT2D eigenvalue weighted by Crippen LogP contribution is -1.95. The molecule has 0 bridgehead atoms. The van der Waals surface area contributed by atoms with Crippen LogP contribution in [0.1, 0.15) is 18.4 Å². The Morgan fingerprint density at radius 3 is 2.75 bits per heavy atom. The number of benzene rings is 1. The molecule has 1 aliphatic rings. The Morgan fingerprint density at radius 2 is 2.17 bits per heavy atom. The molecule has 0 spiro atoms. The lowest BCUT2D eigenvalue weighted by atomic mass is 10.1. The lowest BCUT2D eigenvalue weighted by Gasteiger charge is -2.06. The molecule has 0 aliphatic heterocycles. The predicted octanol–water partition coefficient (Wildman–Crippen LogP) is 1.93. The molecule has 1 saturated carbocycles. The number of rotatable bonds is 2. The molecule has 0 atom stereocenters. The summed E-state index contributed by atoms with van der Waals surface area (Å²) in [5.41, 5.74) is 7.39. The highest BCUT2D eigenvalue weighted by Crippen LogP contribution is 2.36. The van der Waals surface area contributed by atoms with Gasteiger partial charge in [-0.15, -0.1) is 0 Å². The Labute approximate surface area is 72.0 Å². The van der Waals surface area contributed by atoms with E-state index in [2.05, 4.69) is 0 Å². The van der Waals surface area contributed by atoms with E-state index in [1.807, 2.05) is 6.07 Å². The molecule has 1 aliphatic carbocycles. The fraction of sp³-hybridized carbons (Fsp3) is 0.400. The Balaban J connectivity index is 2.26. The van der Waals surface area contributed by atoms with Crippen LogP contribution in [0.3, 0.4) is 0 Å². The zero-order valence-electron chi connectivity index (χ0n) is 6.96. The molecule has 2 rings (SSSR count). The number of nitrogen functional groups attached to an aromatic ring is 1. The van der Waals surface area contributed by atoms with Crippen molar-refractivity contribution < 1.29 is 5.11 Å². The second-order valence-electron chi connectivity index (χ2n) is 3.49. The van der Waals surface area contributed by atoms with Gasteiger partial charge in [0.1, 0.15) is 5.75 Å². The first-order valence-electron chi connectivity index (χ1n) is 4.33. The van der Waals surface area contributed by atoms with Gasteiger partial charge in [-0.05, 0) is 37.3 Å². The number of hydrogen-bond donors (Lipinski definition) is 2. The van der Waals surface area contributed by atoms with Crippen LogP contribution >= 0.6 is 0 Å². The molecule has 0 amide bonds. The third-order valence-corrected chi connectivity index (χ3v) is 2.38. The highest BCUT2D eigenvalue weighted by atomic mass is 16.3. The molecule has 1 aromatic rings. The van der Waals surface area contributed by atoms with E-state index in [9.17, 15) is 5.11 Å². The summed E-state index contributed by atoms with van der Waals surface area (Å²) in [4.78, 5) is 0. The molecule has 64 valence electrons. The van der Waals surface area contributed by atoms with Gasteiger partial charge in [0.2, 0.25) is 0 Å². The molecule has 3 N–H and O–H groups in total. The zero-order valence-corrected chi connectivity index (χ0v) is 6.96. The lowest BCUT2D eigenvalue weighted by molar-refractivity contribution is 0.467. The van der Waals surface area contributed by atoms with Crippen LogP contribution in [-0.4, -0.2) is 5.11 Å². The number of anilines is 1. The number of hydrogen-bond acceptors (Lipinski definition) is 2. The van der Waals surface area contributed by atoms with Crippen molar-refractivity contribution in [2.24, 2.45) is 5.92 Å². The molecule has 0 saturated heterocycles. The van der Waals surface area contributed by atoms with Gasteiger partial charge in [-0.25, -0.2) is 0 Å². The van der Waals surface area contributed by atoms with Crippen molar-refractivity contribution in [1.29, 1.82) is 0 Å². The van der Waals surface area contributed by atoms with Crippen LogP contribution in [0.2, 0.25) is 0 Å². The SMILES string of the molecule is Nc1cccc(O)c1CC1CC1. The molecule has 2 heteroatoms. The Kier molecular flexibility index (Phi) is 1.68. The smallest absolute Gasteiger partial charge is 0.120 e. The average Bonchev–Trinajstić information content (AvgIpc) is 2.80. The number of phenols is 1. The first-order valence-corrected chi connectivity index (χ1v) is 4.33. The summed E-state index contributed by atoms with van der Waals surface area (Å²) in [5, 5.41) is 9.49. The molecular formula is C10H13NO. The van der Waals surface area contributed by atoms with E-state index in [1.54, 1.807) is 12.1 Å². The maximum Gasteiger partial charge on any atom is 0.120 e. The molecule has 0 heterocycles. The van der Waals surface area contributed by atoms with Crippen molar-refractivity contribution in [3.8, 4) is 5.75 Å². The quantitative estimate of drug-likeness (QED) is 0.654. The van der Waals surface area contributed by atoms with Gasteiger partial charge >= 0.3 is 0 Å². The first-order chi connectivity index (χ1) is 5.77. The second kappa shape index (κ2) is 2.70. The van der Waals surface area contributed by atoms with Crippen LogP contribution in [0.15, 0.2) is 18.2 Å². The van der Waals surface area contributed by atoms with Crippen LogP contribution < -0.4 is 5.73 Å². The standard InChI is InChI=1S/C10H13NO/c11-9-2-1-3-10(12)8(9)6-7-4-5-7/h1-3,7,12H,4-6,11H2. The highest BCUT2D eigenvalue weighted by molar-refractivity contribution is 5.53. The molecule has 0 radical (unpaired) electrons. The Bertz CT molecular complexity index is 272. The summed E-state index contributed by atoms with van der Waals surface area (Å²) in [7, 11) is 0. The van der Waals surface area contributed by atoms with Crippen LogP contribution in [0.4, 0.5) is 5.69 Å². The third kappa shape index (κ3) is 1.37. The van der Waals surface area contributed by atoms with Crippen molar-refractivity contribution in [2.45, 2.75) is 19.3 Å². The maximum atomic E-state index is 9.49. The van der Waals surface area contributed by atoms with Crippen LogP contribution in [-0.2, 0) is 6.42 Å². The van der Waals surface area contributed by atoms with E-state index in [0.717, 1.165) is 23.6 Å². The number of nitrogens with two attached hydrogens (primary N) is 1. The first kappa shape index (κ1) is 7.47. The third-order valence-electron chi connectivity index (χ3n) is 2.38. The van der Waals surface area contributed by atoms with Gasteiger partial charge in [0, 0.05) is 11.3 Å². The summed E-state index contributed by atoms with van der Waals surface area (Å²) in [6.45, 7) is 0. The van der Waals surface area contributed by atoms with Gasteiger partial charge in [-0.1, -0.05) is 6.07 Å². The predicted molar refractivity (Wildman–Crippen MR) is 48.9 cm³/mol. The van der Waals surface area contributed by atoms with E-state index in [0.29, 0.717) is 5.75 Å². The van der Waals surface area contributed by atoms with Gasteiger partial charge in [-0.2, -0.15) is 0 Å².